The van der Waals surface area contributed by atoms with Gasteiger partial charge in [-0.1, -0.05) is 0 Å². The number of likely N-dealkylation sites (tertiary alicyclic amines) is 1. The number of ether oxygens (including phenoxy) is 1. The molecule has 2 aromatic heterocycles. The molecule has 2 fully saturated rings. The maximum atomic E-state index is 14.0. The van der Waals surface area contributed by atoms with Crippen LogP contribution in [0, 0.1) is 0 Å². The molecule has 0 aliphatic carbocycles. The Morgan fingerprint density at radius 1 is 1.12 bits per heavy atom. The summed E-state index contributed by atoms with van der Waals surface area (Å²) >= 11 is 0. The summed E-state index contributed by atoms with van der Waals surface area (Å²) in [6.07, 6.45) is 4.45. The van der Waals surface area contributed by atoms with Crippen LogP contribution >= 0.6 is 0 Å². The fraction of sp³-hybridized carbons (Fsp3) is 0.562. The first kappa shape index (κ1) is 15.6. The summed E-state index contributed by atoms with van der Waals surface area (Å²) in [5.41, 5.74) is 0.728. The first-order valence-electron chi connectivity index (χ1n) is 8.07. The quantitative estimate of drug-likeness (QED) is 0.859. The Kier molecular flexibility index (Phi) is 4.01. The van der Waals surface area contributed by atoms with E-state index in [2.05, 4.69) is 15.2 Å². The lowest BCUT2D eigenvalue weighted by molar-refractivity contribution is -0.00844. The molecule has 2 saturated heterocycles. The zero-order valence-corrected chi connectivity index (χ0v) is 13.1. The van der Waals surface area contributed by atoms with Crippen molar-refractivity contribution in [2.75, 3.05) is 19.8 Å². The van der Waals surface area contributed by atoms with E-state index in [1.54, 1.807) is 24.5 Å². The van der Waals surface area contributed by atoms with Gasteiger partial charge in [-0.25, -0.2) is 8.78 Å². The molecule has 8 heteroatoms. The van der Waals surface area contributed by atoms with E-state index in [1.165, 1.54) is 0 Å². The summed E-state index contributed by atoms with van der Waals surface area (Å²) in [7, 11) is 0. The van der Waals surface area contributed by atoms with E-state index in [-0.39, 0.29) is 24.9 Å². The number of aromatic nitrogens is 3. The highest BCUT2D eigenvalue weighted by Gasteiger charge is 2.50. The standard InChI is InChI=1S/C16H18F2N4O2/c17-16(18)9-13(22(10-16)12-3-7-23-8-4-12)15-21-20-14(24-15)11-1-5-19-6-2-11/h1-2,5-6,12-13H,3-4,7-10H2/t13-/m0/s1. The van der Waals surface area contributed by atoms with Crippen LogP contribution in [-0.2, 0) is 4.74 Å². The fourth-order valence-corrected chi connectivity index (χ4v) is 3.45. The van der Waals surface area contributed by atoms with Gasteiger partial charge in [-0.05, 0) is 25.0 Å². The van der Waals surface area contributed by atoms with Gasteiger partial charge in [0.25, 0.3) is 5.92 Å². The smallest absolute Gasteiger partial charge is 0.262 e. The second kappa shape index (κ2) is 6.18. The Labute approximate surface area is 137 Å². The van der Waals surface area contributed by atoms with E-state index < -0.39 is 12.0 Å². The Balaban J connectivity index is 1.60. The molecule has 24 heavy (non-hydrogen) atoms. The van der Waals surface area contributed by atoms with E-state index in [4.69, 9.17) is 9.15 Å². The van der Waals surface area contributed by atoms with Crippen LogP contribution in [-0.4, -0.2) is 51.8 Å². The zero-order chi connectivity index (χ0) is 16.6. The van der Waals surface area contributed by atoms with E-state index >= 15 is 0 Å². The second-order valence-corrected chi connectivity index (χ2v) is 6.27. The van der Waals surface area contributed by atoms with Crippen molar-refractivity contribution in [1.82, 2.24) is 20.1 Å². The predicted octanol–water partition coefficient (Wildman–Crippen LogP) is 2.69. The Hall–Kier alpha value is -1.93. The van der Waals surface area contributed by atoms with Crippen molar-refractivity contribution in [3.05, 3.63) is 30.4 Å². The number of alkyl halides is 2. The van der Waals surface area contributed by atoms with E-state index in [0.29, 0.717) is 19.1 Å². The monoisotopic (exact) mass is 336 g/mol. The highest BCUT2D eigenvalue weighted by molar-refractivity contribution is 5.50. The molecule has 2 aromatic rings. The molecule has 6 nitrogen and oxygen atoms in total. The van der Waals surface area contributed by atoms with Crippen LogP contribution in [0.5, 0.6) is 0 Å². The number of nitrogens with zero attached hydrogens (tertiary/aromatic N) is 4. The zero-order valence-electron chi connectivity index (χ0n) is 13.1. The molecule has 0 spiro atoms. The third-order valence-electron chi connectivity index (χ3n) is 4.62. The van der Waals surface area contributed by atoms with Gasteiger partial charge < -0.3 is 9.15 Å². The van der Waals surface area contributed by atoms with Gasteiger partial charge in [0.15, 0.2) is 0 Å². The van der Waals surface area contributed by atoms with E-state index in [0.717, 1.165) is 18.4 Å². The lowest BCUT2D eigenvalue weighted by atomic mass is 10.1. The molecule has 2 aliphatic rings. The Bertz CT molecular complexity index is 688. The summed E-state index contributed by atoms with van der Waals surface area (Å²) in [5.74, 6) is -2.16. The summed E-state index contributed by atoms with van der Waals surface area (Å²) in [5, 5.41) is 8.06. The molecule has 2 aliphatic heterocycles. The first-order valence-corrected chi connectivity index (χ1v) is 8.07. The predicted molar refractivity (Wildman–Crippen MR) is 80.4 cm³/mol. The SMILES string of the molecule is FC1(F)C[C@@H](c2nnc(-c3ccncc3)o2)N(C2CCOCC2)C1. The maximum absolute atomic E-state index is 14.0. The van der Waals surface area contributed by atoms with Crippen LogP contribution in [0.3, 0.4) is 0 Å². The topological polar surface area (TPSA) is 64.3 Å². The van der Waals surface area contributed by atoms with Crippen LogP contribution in [0.25, 0.3) is 11.5 Å². The molecule has 0 radical (unpaired) electrons. The number of halogens is 2. The highest BCUT2D eigenvalue weighted by atomic mass is 19.3. The van der Waals surface area contributed by atoms with Crippen molar-refractivity contribution in [2.24, 2.45) is 0 Å². The molecule has 0 amide bonds. The van der Waals surface area contributed by atoms with Gasteiger partial charge in [-0.2, -0.15) is 0 Å². The van der Waals surface area contributed by atoms with E-state index in [1.807, 2.05) is 4.90 Å². The minimum absolute atomic E-state index is 0.0633. The average molecular weight is 336 g/mol. The third kappa shape index (κ3) is 3.03. The van der Waals surface area contributed by atoms with Crippen molar-refractivity contribution >= 4 is 0 Å². The van der Waals surface area contributed by atoms with Crippen LogP contribution in [0.2, 0.25) is 0 Å². The summed E-state index contributed by atoms with van der Waals surface area (Å²) in [4.78, 5) is 5.75. The maximum Gasteiger partial charge on any atom is 0.262 e. The number of rotatable bonds is 3. The molecule has 0 saturated carbocycles. The molecule has 0 N–H and O–H groups in total. The third-order valence-corrected chi connectivity index (χ3v) is 4.62. The van der Waals surface area contributed by atoms with Crippen LogP contribution in [0.4, 0.5) is 8.78 Å². The molecular weight excluding hydrogens is 318 g/mol. The van der Waals surface area contributed by atoms with Gasteiger partial charge in [0, 0.05) is 43.6 Å². The lowest BCUT2D eigenvalue weighted by Crippen LogP contribution is -2.40. The van der Waals surface area contributed by atoms with Crippen LogP contribution < -0.4 is 0 Å². The van der Waals surface area contributed by atoms with Gasteiger partial charge in [-0.15, -0.1) is 10.2 Å². The van der Waals surface area contributed by atoms with Gasteiger partial charge in [0.2, 0.25) is 11.8 Å². The second-order valence-electron chi connectivity index (χ2n) is 6.27. The summed E-state index contributed by atoms with van der Waals surface area (Å²) in [6, 6.07) is 3.01. The van der Waals surface area contributed by atoms with Gasteiger partial charge >= 0.3 is 0 Å². The van der Waals surface area contributed by atoms with Crippen LogP contribution in [0.15, 0.2) is 28.9 Å². The van der Waals surface area contributed by atoms with Crippen molar-refractivity contribution in [1.29, 1.82) is 0 Å². The Morgan fingerprint density at radius 3 is 2.62 bits per heavy atom. The molecule has 4 heterocycles. The Morgan fingerprint density at radius 2 is 1.88 bits per heavy atom. The number of hydrogen-bond acceptors (Lipinski definition) is 6. The van der Waals surface area contributed by atoms with Crippen molar-refractivity contribution in [3.8, 4) is 11.5 Å². The van der Waals surface area contributed by atoms with Gasteiger partial charge in [-0.3, -0.25) is 9.88 Å². The van der Waals surface area contributed by atoms with E-state index in [9.17, 15) is 8.78 Å². The minimum atomic E-state index is -2.74. The average Bonchev–Trinajstić information content (AvgIpc) is 3.21. The molecule has 128 valence electrons. The molecule has 0 unspecified atom stereocenters. The summed E-state index contributed by atoms with van der Waals surface area (Å²) < 4.78 is 39.1. The molecule has 0 aromatic carbocycles. The molecule has 4 rings (SSSR count). The first-order chi connectivity index (χ1) is 11.6. The number of hydrogen-bond donors (Lipinski definition) is 0. The summed E-state index contributed by atoms with van der Waals surface area (Å²) in [6.45, 7) is 0.937. The fourth-order valence-electron chi connectivity index (χ4n) is 3.45. The molecule has 0 bridgehead atoms. The van der Waals surface area contributed by atoms with Crippen molar-refractivity contribution < 1.29 is 17.9 Å². The minimum Gasteiger partial charge on any atom is -0.419 e. The largest absolute Gasteiger partial charge is 0.419 e. The number of pyridine rings is 1. The molecule has 1 atom stereocenters. The van der Waals surface area contributed by atoms with Crippen LogP contribution in [0.1, 0.15) is 31.2 Å². The van der Waals surface area contributed by atoms with Crippen molar-refractivity contribution in [2.45, 2.75) is 37.3 Å². The normalized spacial score (nSPS) is 25.2. The highest BCUT2D eigenvalue weighted by Crippen LogP contribution is 2.43. The van der Waals surface area contributed by atoms with Crippen molar-refractivity contribution in [3.63, 3.8) is 0 Å². The van der Waals surface area contributed by atoms with Gasteiger partial charge in [0.05, 0.1) is 12.6 Å². The van der Waals surface area contributed by atoms with Gasteiger partial charge in [0.1, 0.15) is 0 Å². The lowest BCUT2D eigenvalue weighted by Gasteiger charge is -2.33. The molecular formula is C16H18F2N4O2.